The molecule has 0 saturated carbocycles. The number of ether oxygens (including phenoxy) is 3. The van der Waals surface area contributed by atoms with E-state index in [9.17, 15) is 15.2 Å². The Labute approximate surface area is 129 Å². The molecule has 2 aromatic heterocycles. The molecule has 0 aliphatic carbocycles. The third kappa shape index (κ3) is 1.65. The third-order valence-corrected chi connectivity index (χ3v) is 4.07. The summed E-state index contributed by atoms with van der Waals surface area (Å²) in [7, 11) is 0. The molecule has 2 saturated heterocycles. The largest absolute Gasteiger partial charge is 0.509 e. The highest BCUT2D eigenvalue weighted by molar-refractivity contribution is 5.67. The molecule has 10 heteroatoms. The Kier molecular flexibility index (Phi) is 2.72. The standard InChI is InChI=1S/C13H11N5O5/c14-4-13(8-2-1-6-11(15)16-5-17-18(6)8)10-9(7(3-19)23-13)21-12(20)22-10/h1-2,5,7,9-10,19H,3H2,(H2,15,16,17)/t7-,9-,10-,13+/m1/s1. The molecule has 0 aromatic carbocycles. The van der Waals surface area contributed by atoms with Gasteiger partial charge in [0.05, 0.1) is 12.3 Å². The van der Waals surface area contributed by atoms with Crippen molar-refractivity contribution in [1.82, 2.24) is 14.6 Å². The number of nitriles is 1. The molecule has 4 rings (SSSR count). The number of fused-ring (bicyclic) bond motifs is 2. The smallest absolute Gasteiger partial charge is 0.424 e. The molecule has 0 unspecified atom stereocenters. The number of aliphatic hydroxyl groups is 1. The van der Waals surface area contributed by atoms with Crippen molar-refractivity contribution in [2.24, 2.45) is 0 Å². The first kappa shape index (κ1) is 13.7. The Balaban J connectivity index is 1.92. The van der Waals surface area contributed by atoms with E-state index in [4.69, 9.17) is 19.9 Å². The fourth-order valence-electron chi connectivity index (χ4n) is 3.06. The van der Waals surface area contributed by atoms with Crippen molar-refractivity contribution >= 4 is 17.5 Å². The molecule has 0 spiro atoms. The normalized spacial score (nSPS) is 32.3. The average molecular weight is 317 g/mol. The highest BCUT2D eigenvalue weighted by atomic mass is 16.8. The summed E-state index contributed by atoms with van der Waals surface area (Å²) in [6.07, 6.45) is -2.44. The Hall–Kier alpha value is -2.90. The predicted octanol–water partition coefficient (Wildman–Crippen LogP) is -0.675. The molecule has 4 atom stereocenters. The Bertz CT molecular complexity index is 845. The number of nitrogen functional groups attached to an aromatic ring is 1. The summed E-state index contributed by atoms with van der Waals surface area (Å²) in [6.45, 7) is -0.429. The van der Waals surface area contributed by atoms with Crippen LogP contribution in [0.1, 0.15) is 5.69 Å². The molecular formula is C13H11N5O5. The molecule has 2 aliphatic heterocycles. The quantitative estimate of drug-likeness (QED) is 0.688. The van der Waals surface area contributed by atoms with Gasteiger partial charge in [-0.25, -0.2) is 14.3 Å². The second-order valence-electron chi connectivity index (χ2n) is 5.22. The number of carbonyl (C=O) groups excluding carboxylic acids is 1. The fourth-order valence-corrected chi connectivity index (χ4v) is 3.06. The molecule has 0 bridgehead atoms. The highest BCUT2D eigenvalue weighted by Gasteiger charge is 2.65. The van der Waals surface area contributed by atoms with Crippen molar-refractivity contribution in [1.29, 1.82) is 5.26 Å². The second kappa shape index (κ2) is 4.55. The summed E-state index contributed by atoms with van der Waals surface area (Å²) < 4.78 is 17.3. The number of rotatable bonds is 2. The summed E-state index contributed by atoms with van der Waals surface area (Å²) in [6, 6.07) is 5.26. The van der Waals surface area contributed by atoms with Crippen LogP contribution in [0.3, 0.4) is 0 Å². The van der Waals surface area contributed by atoms with Gasteiger partial charge in [-0.1, -0.05) is 0 Å². The van der Waals surface area contributed by atoms with E-state index in [0.29, 0.717) is 11.2 Å². The minimum atomic E-state index is -1.67. The lowest BCUT2D eigenvalue weighted by Gasteiger charge is -2.24. The average Bonchev–Trinajstić information content (AvgIpc) is 3.20. The van der Waals surface area contributed by atoms with Crippen molar-refractivity contribution in [2.45, 2.75) is 23.9 Å². The van der Waals surface area contributed by atoms with E-state index in [1.54, 1.807) is 12.1 Å². The van der Waals surface area contributed by atoms with E-state index in [-0.39, 0.29) is 5.82 Å². The van der Waals surface area contributed by atoms with Crippen LogP contribution in [0.5, 0.6) is 0 Å². The number of hydrogen-bond acceptors (Lipinski definition) is 9. The zero-order chi connectivity index (χ0) is 16.2. The number of nitrogens with two attached hydrogens (primary N) is 1. The first-order valence-electron chi connectivity index (χ1n) is 6.76. The highest BCUT2D eigenvalue weighted by Crippen LogP contribution is 2.45. The number of aliphatic hydroxyl groups excluding tert-OH is 1. The van der Waals surface area contributed by atoms with E-state index in [1.165, 1.54) is 10.8 Å². The SMILES string of the molecule is N#C[C@@]1(c2ccc3c(N)ncnn23)O[C@H](CO)[C@H]2OC(=O)O[C@H]21. The number of aromatic nitrogens is 3. The molecule has 0 radical (unpaired) electrons. The molecule has 0 amide bonds. The Morgan fingerprint density at radius 2 is 2.30 bits per heavy atom. The minimum absolute atomic E-state index is 0.229. The van der Waals surface area contributed by atoms with Crippen molar-refractivity contribution in [3.05, 3.63) is 24.2 Å². The number of anilines is 1. The van der Waals surface area contributed by atoms with Gasteiger partial charge in [0.2, 0.25) is 5.60 Å². The van der Waals surface area contributed by atoms with Gasteiger partial charge in [-0.15, -0.1) is 0 Å². The third-order valence-electron chi connectivity index (χ3n) is 4.07. The lowest BCUT2D eigenvalue weighted by Crippen LogP contribution is -2.39. The topological polar surface area (TPSA) is 145 Å². The lowest BCUT2D eigenvalue weighted by molar-refractivity contribution is -0.0817. The van der Waals surface area contributed by atoms with Gasteiger partial charge in [0, 0.05) is 0 Å². The summed E-state index contributed by atoms with van der Waals surface area (Å²) >= 11 is 0. The Morgan fingerprint density at radius 1 is 1.48 bits per heavy atom. The first-order chi connectivity index (χ1) is 11.1. The van der Waals surface area contributed by atoms with Crippen LogP contribution in [-0.2, 0) is 19.8 Å². The van der Waals surface area contributed by atoms with Crippen molar-refractivity contribution in [2.75, 3.05) is 12.3 Å². The van der Waals surface area contributed by atoms with E-state index in [1.807, 2.05) is 6.07 Å². The van der Waals surface area contributed by atoms with Gasteiger partial charge >= 0.3 is 6.16 Å². The first-order valence-corrected chi connectivity index (χ1v) is 6.76. The van der Waals surface area contributed by atoms with Gasteiger partial charge in [-0.2, -0.15) is 10.4 Å². The van der Waals surface area contributed by atoms with Gasteiger partial charge in [-0.05, 0) is 12.1 Å². The van der Waals surface area contributed by atoms with Crippen LogP contribution in [0, 0.1) is 11.3 Å². The summed E-state index contributed by atoms with van der Waals surface area (Å²) in [5.74, 6) is 0.229. The second-order valence-corrected chi connectivity index (χ2v) is 5.22. The van der Waals surface area contributed by atoms with Crippen LogP contribution in [0.4, 0.5) is 10.6 Å². The molecule has 2 aromatic rings. The van der Waals surface area contributed by atoms with Crippen LogP contribution >= 0.6 is 0 Å². The number of hydrogen-bond donors (Lipinski definition) is 2. The van der Waals surface area contributed by atoms with Crippen LogP contribution in [-0.4, -0.2) is 50.8 Å². The molecule has 10 nitrogen and oxygen atoms in total. The Morgan fingerprint density at radius 3 is 3.04 bits per heavy atom. The van der Waals surface area contributed by atoms with E-state index < -0.39 is 36.7 Å². The zero-order valence-corrected chi connectivity index (χ0v) is 11.6. The van der Waals surface area contributed by atoms with Crippen molar-refractivity contribution in [3.8, 4) is 6.07 Å². The molecule has 3 N–H and O–H groups in total. The van der Waals surface area contributed by atoms with Gasteiger partial charge in [-0.3, -0.25) is 0 Å². The maximum absolute atomic E-state index is 11.5. The molecule has 23 heavy (non-hydrogen) atoms. The molecule has 2 aliphatic rings. The van der Waals surface area contributed by atoms with E-state index in [0.717, 1.165) is 0 Å². The van der Waals surface area contributed by atoms with Crippen molar-refractivity contribution < 1.29 is 24.1 Å². The van der Waals surface area contributed by atoms with E-state index >= 15 is 0 Å². The lowest BCUT2D eigenvalue weighted by atomic mass is 9.92. The van der Waals surface area contributed by atoms with Gasteiger partial charge in [0.1, 0.15) is 24.0 Å². The van der Waals surface area contributed by atoms with E-state index in [2.05, 4.69) is 10.1 Å². The van der Waals surface area contributed by atoms with Crippen LogP contribution < -0.4 is 5.73 Å². The van der Waals surface area contributed by atoms with Crippen LogP contribution in [0.15, 0.2) is 18.5 Å². The van der Waals surface area contributed by atoms with Crippen LogP contribution in [0.2, 0.25) is 0 Å². The molecule has 4 heterocycles. The maximum Gasteiger partial charge on any atom is 0.509 e. The number of carbonyl (C=O) groups is 1. The van der Waals surface area contributed by atoms with Crippen LogP contribution in [0.25, 0.3) is 5.52 Å². The summed E-state index contributed by atoms with van der Waals surface area (Å²) in [4.78, 5) is 15.3. The monoisotopic (exact) mass is 317 g/mol. The fraction of sp³-hybridized carbons (Fsp3) is 0.385. The van der Waals surface area contributed by atoms with Gasteiger partial charge < -0.3 is 25.1 Å². The summed E-state index contributed by atoms with van der Waals surface area (Å²) in [5, 5.41) is 23.3. The van der Waals surface area contributed by atoms with Gasteiger partial charge in [0.15, 0.2) is 18.0 Å². The maximum atomic E-state index is 11.5. The zero-order valence-electron chi connectivity index (χ0n) is 11.6. The number of nitrogens with zero attached hydrogens (tertiary/aromatic N) is 4. The van der Waals surface area contributed by atoms with Crippen molar-refractivity contribution in [3.63, 3.8) is 0 Å². The molecule has 118 valence electrons. The van der Waals surface area contributed by atoms with Gasteiger partial charge in [0.25, 0.3) is 0 Å². The molecule has 2 fully saturated rings. The predicted molar refractivity (Wildman–Crippen MR) is 71.8 cm³/mol. The summed E-state index contributed by atoms with van der Waals surface area (Å²) in [5.41, 5.74) is 4.91. The molecular weight excluding hydrogens is 306 g/mol. The minimum Gasteiger partial charge on any atom is -0.424 e.